The zero-order chi connectivity index (χ0) is 26.6. The Morgan fingerprint density at radius 1 is 1.27 bits per heavy atom. The average Bonchev–Trinajstić information content (AvgIpc) is 3.26. The van der Waals surface area contributed by atoms with E-state index in [4.69, 9.17) is 4.74 Å². The van der Waals surface area contributed by atoms with Gasteiger partial charge in [0.1, 0.15) is 12.4 Å². The van der Waals surface area contributed by atoms with E-state index in [-0.39, 0.29) is 18.0 Å². The number of hydrogen-bond acceptors (Lipinski definition) is 6. The zero-order valence-corrected chi connectivity index (χ0v) is 21.7. The van der Waals surface area contributed by atoms with E-state index < -0.39 is 18.6 Å². The summed E-state index contributed by atoms with van der Waals surface area (Å²) in [5.41, 5.74) is 2.62. The molecule has 2 aliphatic rings. The van der Waals surface area contributed by atoms with Crippen molar-refractivity contribution in [3.63, 3.8) is 0 Å². The normalized spacial score (nSPS) is 20.8. The fraction of sp³-hybridized carbons (Fsp3) is 0.615. The van der Waals surface area contributed by atoms with Crippen molar-refractivity contribution in [2.75, 3.05) is 52.3 Å². The first-order valence-electron chi connectivity index (χ1n) is 12.8. The highest BCUT2D eigenvalue weighted by Crippen LogP contribution is 2.45. The molecule has 0 saturated carbocycles. The van der Waals surface area contributed by atoms with E-state index in [0.29, 0.717) is 31.0 Å². The molecule has 1 aromatic heterocycles. The minimum Gasteiger partial charge on any atom is -0.381 e. The van der Waals surface area contributed by atoms with Gasteiger partial charge in [-0.1, -0.05) is 24.3 Å². The van der Waals surface area contributed by atoms with Gasteiger partial charge in [0.05, 0.1) is 18.2 Å². The van der Waals surface area contributed by atoms with E-state index in [1.807, 2.05) is 24.1 Å². The largest absolute Gasteiger partial charge is 0.408 e. The molecule has 2 aromatic rings. The molecule has 0 radical (unpaired) electrons. The van der Waals surface area contributed by atoms with E-state index in [2.05, 4.69) is 39.8 Å². The number of nitrogens with zero attached hydrogens (tertiary/aromatic N) is 4. The molecule has 2 atom stereocenters. The molecule has 1 saturated heterocycles. The van der Waals surface area contributed by atoms with Gasteiger partial charge in [-0.05, 0) is 44.5 Å². The van der Waals surface area contributed by atoms with Crippen LogP contribution in [0.3, 0.4) is 0 Å². The fourth-order valence-electron chi connectivity index (χ4n) is 5.31. The number of carbonyl (C=O) groups excluding carboxylic acids is 1. The molecule has 1 amide bonds. The average molecular weight is 523 g/mol. The second-order valence-electron chi connectivity index (χ2n) is 10.1. The third-order valence-electron chi connectivity index (χ3n) is 7.22. The number of hydrogen-bond donors (Lipinski definition) is 2. The van der Waals surface area contributed by atoms with Crippen LogP contribution in [0.15, 0.2) is 30.5 Å². The number of ether oxygens (including phenoxy) is 1. The fourth-order valence-corrected chi connectivity index (χ4v) is 5.31. The van der Waals surface area contributed by atoms with Crippen LogP contribution >= 0.6 is 0 Å². The molecule has 3 heterocycles. The lowest BCUT2D eigenvalue weighted by atomic mass is 9.84. The van der Waals surface area contributed by atoms with Gasteiger partial charge in [-0.15, -0.1) is 0 Å². The van der Waals surface area contributed by atoms with E-state index in [1.165, 1.54) is 6.20 Å². The number of anilines is 1. The lowest BCUT2D eigenvalue weighted by molar-refractivity contribution is -0.142. The lowest BCUT2D eigenvalue weighted by Gasteiger charge is -2.39. The van der Waals surface area contributed by atoms with Gasteiger partial charge < -0.3 is 25.2 Å². The minimum absolute atomic E-state index is 0.00417. The third-order valence-corrected chi connectivity index (χ3v) is 7.22. The molecule has 1 fully saturated rings. The van der Waals surface area contributed by atoms with Crippen LogP contribution in [-0.4, -0.2) is 80.3 Å². The van der Waals surface area contributed by atoms with Crippen LogP contribution < -0.4 is 15.5 Å². The summed E-state index contributed by atoms with van der Waals surface area (Å²) in [7, 11) is 5.76. The quantitative estimate of drug-likeness (QED) is 0.528. The Balaban J connectivity index is 1.63. The molecule has 37 heavy (non-hydrogen) atoms. The van der Waals surface area contributed by atoms with Crippen molar-refractivity contribution in [1.82, 2.24) is 25.3 Å². The SMILES string of the molecule is CNCCN(C)Cc1cccc(C2CC(C(=O)NC3CCOCC3)c3cnn(CC(F)(F)F)c3N2C)c1. The van der Waals surface area contributed by atoms with Crippen LogP contribution in [0.1, 0.15) is 47.9 Å². The Morgan fingerprint density at radius 2 is 2.03 bits per heavy atom. The molecular weight excluding hydrogens is 485 g/mol. The summed E-state index contributed by atoms with van der Waals surface area (Å²) in [6.45, 7) is 2.48. The molecule has 0 bridgehead atoms. The maximum absolute atomic E-state index is 13.5. The van der Waals surface area contributed by atoms with Crippen LogP contribution in [-0.2, 0) is 22.6 Å². The van der Waals surface area contributed by atoms with Crippen molar-refractivity contribution in [3.05, 3.63) is 47.2 Å². The first-order chi connectivity index (χ1) is 17.7. The summed E-state index contributed by atoms with van der Waals surface area (Å²) in [5.74, 6) is -0.416. The molecule has 2 unspecified atom stereocenters. The summed E-state index contributed by atoms with van der Waals surface area (Å²) in [4.78, 5) is 17.5. The third kappa shape index (κ3) is 6.82. The first kappa shape index (κ1) is 27.4. The van der Waals surface area contributed by atoms with Gasteiger partial charge in [0.25, 0.3) is 0 Å². The Kier molecular flexibility index (Phi) is 8.76. The van der Waals surface area contributed by atoms with E-state index in [1.54, 1.807) is 7.05 Å². The van der Waals surface area contributed by atoms with Crippen LogP contribution in [0.5, 0.6) is 0 Å². The number of aromatic nitrogens is 2. The molecule has 2 aliphatic heterocycles. The topological polar surface area (TPSA) is 74.7 Å². The van der Waals surface area contributed by atoms with E-state index in [0.717, 1.165) is 48.3 Å². The van der Waals surface area contributed by atoms with Crippen LogP contribution in [0.4, 0.5) is 19.0 Å². The molecule has 4 rings (SSSR count). The van der Waals surface area contributed by atoms with Crippen molar-refractivity contribution in [2.24, 2.45) is 0 Å². The Hall–Kier alpha value is -2.63. The molecule has 0 aliphatic carbocycles. The van der Waals surface area contributed by atoms with Gasteiger partial charge in [0, 0.05) is 51.5 Å². The first-order valence-corrected chi connectivity index (χ1v) is 12.8. The molecule has 8 nitrogen and oxygen atoms in total. The molecule has 2 N–H and O–H groups in total. The van der Waals surface area contributed by atoms with Crippen molar-refractivity contribution in [1.29, 1.82) is 0 Å². The van der Waals surface area contributed by atoms with Crippen molar-refractivity contribution < 1.29 is 22.7 Å². The van der Waals surface area contributed by atoms with Crippen LogP contribution in [0.25, 0.3) is 0 Å². The van der Waals surface area contributed by atoms with Gasteiger partial charge in [0.2, 0.25) is 5.91 Å². The number of benzene rings is 1. The molecule has 204 valence electrons. The maximum Gasteiger partial charge on any atom is 0.408 e. The second kappa shape index (κ2) is 11.8. The zero-order valence-electron chi connectivity index (χ0n) is 21.7. The van der Waals surface area contributed by atoms with Gasteiger partial charge in [-0.25, -0.2) is 4.68 Å². The maximum atomic E-state index is 13.5. The summed E-state index contributed by atoms with van der Waals surface area (Å²) in [5, 5.41) is 10.3. The van der Waals surface area contributed by atoms with Crippen LogP contribution in [0, 0.1) is 0 Å². The molecule has 11 heteroatoms. The highest BCUT2D eigenvalue weighted by Gasteiger charge is 2.41. The van der Waals surface area contributed by atoms with Gasteiger partial charge in [-0.2, -0.15) is 18.3 Å². The number of alkyl halides is 3. The Bertz CT molecular complexity index is 1050. The number of rotatable bonds is 9. The number of halogens is 3. The smallest absolute Gasteiger partial charge is 0.381 e. The summed E-state index contributed by atoms with van der Waals surface area (Å²) >= 11 is 0. The monoisotopic (exact) mass is 522 g/mol. The van der Waals surface area contributed by atoms with Gasteiger partial charge in [-0.3, -0.25) is 4.79 Å². The van der Waals surface area contributed by atoms with Crippen LogP contribution in [0.2, 0.25) is 0 Å². The molecule has 1 aromatic carbocycles. The van der Waals surface area contributed by atoms with E-state index in [9.17, 15) is 18.0 Å². The predicted molar refractivity (Wildman–Crippen MR) is 135 cm³/mol. The number of carbonyl (C=O) groups is 1. The highest BCUT2D eigenvalue weighted by atomic mass is 19.4. The van der Waals surface area contributed by atoms with Crippen molar-refractivity contribution in [3.8, 4) is 0 Å². The summed E-state index contributed by atoms with van der Waals surface area (Å²) in [6.07, 6.45) is -1.09. The molecular formula is C26H37F3N6O2. The van der Waals surface area contributed by atoms with Crippen molar-refractivity contribution in [2.45, 2.75) is 56.5 Å². The Labute approximate surface area is 216 Å². The summed E-state index contributed by atoms with van der Waals surface area (Å²) in [6, 6.07) is 7.84. The number of fused-ring (bicyclic) bond motifs is 1. The summed E-state index contributed by atoms with van der Waals surface area (Å²) < 4.78 is 46.5. The standard InChI is InChI=1S/C26H37F3N6O2/c1-30-9-10-33(2)16-18-5-4-6-19(13-18)23-14-21(24(36)32-20-7-11-37-12-8-20)22-15-31-35(17-26(27,28)29)25(22)34(23)3/h4-6,13,15,20-21,23,30H,7-12,14,16-17H2,1-3H3,(H,32,36). The number of nitrogens with one attached hydrogen (secondary N) is 2. The number of likely N-dealkylation sites (N-methyl/N-ethyl adjacent to an activating group) is 2. The highest BCUT2D eigenvalue weighted by molar-refractivity contribution is 5.86. The predicted octanol–water partition coefficient (Wildman–Crippen LogP) is 3.06. The Morgan fingerprint density at radius 3 is 2.73 bits per heavy atom. The minimum atomic E-state index is -4.43. The van der Waals surface area contributed by atoms with E-state index >= 15 is 0 Å². The van der Waals surface area contributed by atoms with Gasteiger partial charge >= 0.3 is 6.18 Å². The molecule has 0 spiro atoms. The van der Waals surface area contributed by atoms with Crippen molar-refractivity contribution >= 4 is 11.7 Å². The second-order valence-corrected chi connectivity index (χ2v) is 10.1. The lowest BCUT2D eigenvalue weighted by Crippen LogP contribution is -2.44. The number of amides is 1. The van der Waals surface area contributed by atoms with Gasteiger partial charge in [0.15, 0.2) is 0 Å².